The molecule has 1 amide bonds. The fraction of sp³-hybridized carbons (Fsp3) is 0.409. The van der Waals surface area contributed by atoms with Gasteiger partial charge in [0.15, 0.2) is 0 Å². The summed E-state index contributed by atoms with van der Waals surface area (Å²) in [4.78, 5) is 18.5. The summed E-state index contributed by atoms with van der Waals surface area (Å²) in [5.41, 5.74) is 0.0235. The number of hydrogen-bond donors (Lipinski definition) is 1. The lowest BCUT2D eigenvalue weighted by atomic mass is 9.78. The number of hydrogen-bond acceptors (Lipinski definition) is 6. The van der Waals surface area contributed by atoms with Crippen LogP contribution in [0.3, 0.4) is 0 Å². The monoisotopic (exact) mass is 477 g/mol. The topological polar surface area (TPSA) is 72.3 Å². The lowest BCUT2D eigenvalue weighted by molar-refractivity contribution is 0.0148. The highest BCUT2D eigenvalue weighted by Crippen LogP contribution is 2.40. The number of nitrogens with one attached hydrogen (secondary N) is 1. The smallest absolute Gasteiger partial charge is 0.416 e. The van der Waals surface area contributed by atoms with Crippen molar-refractivity contribution in [2.24, 2.45) is 5.92 Å². The lowest BCUT2D eigenvalue weighted by Gasteiger charge is -2.35. The average Bonchev–Trinajstić information content (AvgIpc) is 3.48. The number of carbonyl (C=O) groups excluding carboxylic acids is 1. The van der Waals surface area contributed by atoms with Crippen molar-refractivity contribution >= 4 is 41.5 Å². The van der Waals surface area contributed by atoms with Crippen LogP contribution in [0.2, 0.25) is 0 Å². The molecule has 10 heteroatoms. The number of aromatic nitrogens is 3. The number of carbonyl (C=O) groups is 1. The van der Waals surface area contributed by atoms with Crippen LogP contribution >= 0.6 is 23.7 Å². The minimum atomic E-state index is -0.405. The Balaban J connectivity index is 0.00000245. The molecule has 1 spiro atoms. The summed E-state index contributed by atoms with van der Waals surface area (Å²) in [7, 11) is 0. The van der Waals surface area contributed by atoms with Crippen molar-refractivity contribution in [2.45, 2.75) is 38.2 Å². The Morgan fingerprint density at radius 3 is 2.78 bits per heavy atom. The molecule has 2 aromatic heterocycles. The molecule has 1 N–H and O–H groups in total. The van der Waals surface area contributed by atoms with E-state index in [0.717, 1.165) is 43.1 Å². The van der Waals surface area contributed by atoms with Gasteiger partial charge in [-0.25, -0.2) is 18.9 Å². The summed E-state index contributed by atoms with van der Waals surface area (Å²) >= 11 is 1.54. The first-order valence-electron chi connectivity index (χ1n) is 10.5. The number of ether oxygens (including phenoxy) is 1. The van der Waals surface area contributed by atoms with E-state index in [0.29, 0.717) is 24.0 Å². The SMILES string of the molecule is Cc1nc(N2C[C@]3(CC[C@@H](CNc4ccn(-c5ccccc5F)n4)CC3)OC2=O)cs1.Cl. The molecule has 170 valence electrons. The summed E-state index contributed by atoms with van der Waals surface area (Å²) in [6.45, 7) is 3.29. The Hall–Kier alpha value is -2.65. The predicted molar refractivity (Wildman–Crippen MR) is 125 cm³/mol. The second-order valence-electron chi connectivity index (χ2n) is 8.28. The molecule has 1 aliphatic heterocycles. The van der Waals surface area contributed by atoms with Crippen molar-refractivity contribution < 1.29 is 13.9 Å². The molecule has 1 saturated carbocycles. The van der Waals surface area contributed by atoms with E-state index in [2.05, 4.69) is 15.4 Å². The fourth-order valence-corrected chi connectivity index (χ4v) is 4.98. The van der Waals surface area contributed by atoms with Gasteiger partial charge < -0.3 is 10.1 Å². The van der Waals surface area contributed by atoms with Crippen molar-refractivity contribution in [2.75, 3.05) is 23.3 Å². The van der Waals surface area contributed by atoms with E-state index in [9.17, 15) is 9.18 Å². The number of thiazole rings is 1. The van der Waals surface area contributed by atoms with E-state index in [1.807, 2.05) is 18.4 Å². The van der Waals surface area contributed by atoms with Gasteiger partial charge in [0.2, 0.25) is 0 Å². The number of halogens is 2. The minimum absolute atomic E-state index is 0. The van der Waals surface area contributed by atoms with E-state index in [1.54, 1.807) is 34.0 Å². The van der Waals surface area contributed by atoms with Crippen LogP contribution in [-0.4, -0.2) is 39.5 Å². The van der Waals surface area contributed by atoms with Crippen LogP contribution in [0.1, 0.15) is 30.7 Å². The molecule has 0 bridgehead atoms. The summed E-state index contributed by atoms with van der Waals surface area (Å²) in [6, 6.07) is 8.43. The molecule has 0 atom stereocenters. The number of anilines is 2. The molecule has 7 nitrogen and oxygen atoms in total. The Kier molecular flexibility index (Phi) is 6.39. The zero-order valence-electron chi connectivity index (χ0n) is 17.7. The molecule has 1 saturated heterocycles. The van der Waals surface area contributed by atoms with E-state index < -0.39 is 5.60 Å². The highest BCUT2D eigenvalue weighted by atomic mass is 35.5. The number of nitrogens with zero attached hydrogens (tertiary/aromatic N) is 4. The molecule has 2 fully saturated rings. The molecule has 3 heterocycles. The lowest BCUT2D eigenvalue weighted by Crippen LogP contribution is -2.39. The predicted octanol–water partition coefficient (Wildman–Crippen LogP) is 5.20. The van der Waals surface area contributed by atoms with Crippen LogP contribution < -0.4 is 10.2 Å². The highest BCUT2D eigenvalue weighted by molar-refractivity contribution is 7.09. The number of amides is 1. The number of aryl methyl sites for hydroxylation is 1. The summed E-state index contributed by atoms with van der Waals surface area (Å²) in [6.07, 6.45) is 5.09. The minimum Gasteiger partial charge on any atom is -0.441 e. The fourth-order valence-electron chi connectivity index (χ4n) is 4.38. The van der Waals surface area contributed by atoms with Crippen molar-refractivity contribution in [3.8, 4) is 5.69 Å². The number of rotatable bonds is 5. The summed E-state index contributed by atoms with van der Waals surface area (Å²) in [5, 5.41) is 10.7. The van der Waals surface area contributed by atoms with Gasteiger partial charge >= 0.3 is 6.09 Å². The Morgan fingerprint density at radius 1 is 1.28 bits per heavy atom. The molecule has 1 aliphatic carbocycles. The molecule has 5 rings (SSSR count). The molecule has 3 aromatic rings. The van der Waals surface area contributed by atoms with Crippen LogP contribution in [-0.2, 0) is 4.74 Å². The molecular formula is C22H25ClFN5O2S. The zero-order chi connectivity index (χ0) is 21.4. The van der Waals surface area contributed by atoms with Crippen LogP contribution in [0, 0.1) is 18.7 Å². The van der Waals surface area contributed by atoms with Crippen molar-refractivity contribution in [3.05, 3.63) is 52.7 Å². The van der Waals surface area contributed by atoms with Crippen molar-refractivity contribution in [1.82, 2.24) is 14.8 Å². The normalized spacial score (nSPS) is 22.6. The molecular weight excluding hydrogens is 453 g/mol. The number of para-hydroxylation sites is 1. The summed E-state index contributed by atoms with van der Waals surface area (Å²) < 4.78 is 21.3. The highest BCUT2D eigenvalue weighted by Gasteiger charge is 2.48. The van der Waals surface area contributed by atoms with Crippen LogP contribution in [0.15, 0.2) is 41.9 Å². The second-order valence-corrected chi connectivity index (χ2v) is 9.35. The maximum absolute atomic E-state index is 13.9. The quantitative estimate of drug-likeness (QED) is 0.547. The van der Waals surface area contributed by atoms with Gasteiger partial charge in [0.05, 0.1) is 11.6 Å². The number of benzene rings is 1. The van der Waals surface area contributed by atoms with Gasteiger partial charge in [-0.3, -0.25) is 4.90 Å². The molecule has 0 radical (unpaired) electrons. The molecule has 0 unspecified atom stereocenters. The molecule has 32 heavy (non-hydrogen) atoms. The third kappa shape index (κ3) is 4.45. The van der Waals surface area contributed by atoms with Gasteiger partial charge in [-0.05, 0) is 50.7 Å². The van der Waals surface area contributed by atoms with Gasteiger partial charge in [0.25, 0.3) is 0 Å². The van der Waals surface area contributed by atoms with Crippen molar-refractivity contribution in [3.63, 3.8) is 0 Å². The standard InChI is InChI=1S/C22H24FN5O2S.ClH/c1-15-25-20(13-31-15)27-14-22(30-21(27)29)9-6-16(7-10-22)12-24-19-8-11-28(26-19)18-5-3-2-4-17(18)23;/h2-5,8,11,13,16H,6-7,9-10,12,14H2,1H3,(H,24,26);1H/t16-,22-;. The van der Waals surface area contributed by atoms with E-state index in [1.165, 1.54) is 17.4 Å². The van der Waals surface area contributed by atoms with Gasteiger partial charge in [0.1, 0.15) is 28.7 Å². The largest absolute Gasteiger partial charge is 0.441 e. The maximum Gasteiger partial charge on any atom is 0.416 e. The van der Waals surface area contributed by atoms with Gasteiger partial charge in [-0.2, -0.15) is 5.10 Å². The second kappa shape index (κ2) is 9.07. The Morgan fingerprint density at radius 2 is 2.06 bits per heavy atom. The molecule has 1 aromatic carbocycles. The third-order valence-corrected chi connectivity index (χ3v) is 6.89. The van der Waals surface area contributed by atoms with Gasteiger partial charge in [0, 0.05) is 24.2 Å². The summed E-state index contributed by atoms with van der Waals surface area (Å²) in [5.74, 6) is 1.58. The average molecular weight is 478 g/mol. The Labute approximate surface area is 196 Å². The van der Waals surface area contributed by atoms with Crippen molar-refractivity contribution in [1.29, 1.82) is 0 Å². The first-order valence-corrected chi connectivity index (χ1v) is 11.4. The Bertz CT molecular complexity index is 1100. The van der Waals surface area contributed by atoms with E-state index in [4.69, 9.17) is 4.74 Å². The maximum atomic E-state index is 13.9. The van der Waals surface area contributed by atoms with Gasteiger partial charge in [-0.15, -0.1) is 23.7 Å². The van der Waals surface area contributed by atoms with E-state index >= 15 is 0 Å². The van der Waals surface area contributed by atoms with Crippen LogP contribution in [0.4, 0.5) is 20.8 Å². The third-order valence-electron chi connectivity index (χ3n) is 6.13. The van der Waals surface area contributed by atoms with Gasteiger partial charge in [-0.1, -0.05) is 12.1 Å². The first-order chi connectivity index (χ1) is 15.0. The van der Waals surface area contributed by atoms with Crippen LogP contribution in [0.5, 0.6) is 0 Å². The van der Waals surface area contributed by atoms with E-state index in [-0.39, 0.29) is 24.3 Å². The first kappa shape index (κ1) is 22.5. The molecule has 2 aliphatic rings. The van der Waals surface area contributed by atoms with Crippen LogP contribution in [0.25, 0.3) is 5.69 Å². The zero-order valence-corrected chi connectivity index (χ0v) is 19.3.